The van der Waals surface area contributed by atoms with E-state index in [0.717, 1.165) is 34.0 Å². The molecule has 1 aromatic rings. The number of hydrogen-bond acceptors (Lipinski definition) is 3. The van der Waals surface area contributed by atoms with E-state index in [2.05, 4.69) is 29.8 Å². The summed E-state index contributed by atoms with van der Waals surface area (Å²) < 4.78 is 6.53. The third kappa shape index (κ3) is 5.23. The van der Waals surface area contributed by atoms with E-state index in [9.17, 15) is 0 Å². The normalized spacial score (nSPS) is 11.0. The number of thioether (sulfide) groups is 1. The molecule has 2 N–H and O–H groups in total. The Balaban J connectivity index is 2.27. The van der Waals surface area contributed by atoms with Crippen LogP contribution in [0.1, 0.15) is 13.8 Å². The number of benzene rings is 1. The van der Waals surface area contributed by atoms with Crippen LogP contribution in [0.15, 0.2) is 27.6 Å². The van der Waals surface area contributed by atoms with E-state index in [0.29, 0.717) is 5.92 Å². The maximum Gasteiger partial charge on any atom is 0.0560 e. The van der Waals surface area contributed by atoms with Crippen LogP contribution < -0.4 is 5.73 Å². The van der Waals surface area contributed by atoms with Gasteiger partial charge in [0.25, 0.3) is 0 Å². The number of halogens is 1. The van der Waals surface area contributed by atoms with Crippen molar-refractivity contribution in [1.82, 2.24) is 0 Å². The molecule has 0 aliphatic rings. The van der Waals surface area contributed by atoms with E-state index in [1.165, 1.54) is 0 Å². The molecule has 0 aromatic heterocycles. The summed E-state index contributed by atoms with van der Waals surface area (Å²) in [6, 6.07) is 5.97. The Bertz CT molecular complexity index is 331. The third-order valence-corrected chi connectivity index (χ3v) is 3.46. The fraction of sp³-hybridized carbons (Fsp3) is 0.500. The second-order valence-electron chi connectivity index (χ2n) is 4.00. The van der Waals surface area contributed by atoms with Crippen molar-refractivity contribution in [2.75, 3.05) is 24.7 Å². The van der Waals surface area contributed by atoms with E-state index in [-0.39, 0.29) is 0 Å². The predicted octanol–water partition coefficient (Wildman–Crippen LogP) is 3.80. The summed E-state index contributed by atoms with van der Waals surface area (Å²) in [5.41, 5.74) is 6.72. The zero-order valence-electron chi connectivity index (χ0n) is 9.70. The smallest absolute Gasteiger partial charge is 0.0560 e. The molecular weight excluding hydrogens is 286 g/mol. The monoisotopic (exact) mass is 303 g/mol. The fourth-order valence-corrected chi connectivity index (χ4v) is 2.37. The second kappa shape index (κ2) is 7.20. The topological polar surface area (TPSA) is 35.2 Å². The van der Waals surface area contributed by atoms with Gasteiger partial charge in [-0.2, -0.15) is 0 Å². The van der Waals surface area contributed by atoms with Crippen molar-refractivity contribution in [3.63, 3.8) is 0 Å². The molecule has 4 heteroatoms. The molecule has 90 valence electrons. The first kappa shape index (κ1) is 13.9. The van der Waals surface area contributed by atoms with Crippen LogP contribution in [-0.4, -0.2) is 19.0 Å². The second-order valence-corrected chi connectivity index (χ2v) is 6.05. The van der Waals surface area contributed by atoms with Gasteiger partial charge in [-0.05, 0) is 24.1 Å². The van der Waals surface area contributed by atoms with Gasteiger partial charge in [-0.1, -0.05) is 29.8 Å². The van der Waals surface area contributed by atoms with Gasteiger partial charge in [-0.15, -0.1) is 11.8 Å². The lowest BCUT2D eigenvalue weighted by atomic mass is 10.2. The molecule has 0 bridgehead atoms. The highest BCUT2D eigenvalue weighted by atomic mass is 79.9. The van der Waals surface area contributed by atoms with Crippen molar-refractivity contribution in [2.24, 2.45) is 5.92 Å². The van der Waals surface area contributed by atoms with Gasteiger partial charge in [0.2, 0.25) is 0 Å². The Hall–Kier alpha value is -0.190. The lowest BCUT2D eigenvalue weighted by Crippen LogP contribution is -2.04. The van der Waals surface area contributed by atoms with Gasteiger partial charge in [0.15, 0.2) is 0 Å². The highest BCUT2D eigenvalue weighted by molar-refractivity contribution is 9.10. The third-order valence-electron chi connectivity index (χ3n) is 1.91. The van der Waals surface area contributed by atoms with Crippen LogP contribution in [0, 0.1) is 5.92 Å². The molecule has 0 aliphatic heterocycles. The van der Waals surface area contributed by atoms with Crippen molar-refractivity contribution >= 4 is 33.4 Å². The van der Waals surface area contributed by atoms with E-state index >= 15 is 0 Å². The summed E-state index contributed by atoms with van der Waals surface area (Å²) in [7, 11) is 0. The average Bonchev–Trinajstić information content (AvgIpc) is 2.20. The Morgan fingerprint density at radius 1 is 1.44 bits per heavy atom. The summed E-state index contributed by atoms with van der Waals surface area (Å²) >= 11 is 5.13. The van der Waals surface area contributed by atoms with Crippen LogP contribution >= 0.6 is 27.7 Å². The number of rotatable bonds is 6. The summed E-state index contributed by atoms with van der Waals surface area (Å²) in [5, 5.41) is 0. The molecule has 0 saturated carbocycles. The number of nitrogens with two attached hydrogens (primary N) is 1. The van der Waals surface area contributed by atoms with E-state index in [1.54, 1.807) is 11.8 Å². The zero-order valence-corrected chi connectivity index (χ0v) is 12.1. The fourth-order valence-electron chi connectivity index (χ4n) is 1.18. The van der Waals surface area contributed by atoms with Crippen molar-refractivity contribution < 1.29 is 4.74 Å². The maximum absolute atomic E-state index is 5.89. The van der Waals surface area contributed by atoms with Crippen LogP contribution in [0.2, 0.25) is 0 Å². The SMILES string of the molecule is CC(C)COCCSc1ccc(Br)cc1N. The minimum atomic E-state index is 0.600. The molecule has 2 nitrogen and oxygen atoms in total. The van der Waals surface area contributed by atoms with Gasteiger partial charge in [0, 0.05) is 27.4 Å². The molecule has 0 fully saturated rings. The Morgan fingerprint density at radius 3 is 2.81 bits per heavy atom. The van der Waals surface area contributed by atoms with Crippen LogP contribution in [0.25, 0.3) is 0 Å². The van der Waals surface area contributed by atoms with Crippen molar-refractivity contribution in [3.8, 4) is 0 Å². The van der Waals surface area contributed by atoms with Crippen molar-refractivity contribution in [2.45, 2.75) is 18.7 Å². The first-order valence-electron chi connectivity index (χ1n) is 5.35. The van der Waals surface area contributed by atoms with Gasteiger partial charge in [-0.25, -0.2) is 0 Å². The summed E-state index contributed by atoms with van der Waals surface area (Å²) in [6.45, 7) is 5.91. The molecule has 0 atom stereocenters. The molecule has 0 amide bonds. The standard InChI is InChI=1S/C12H18BrNOS/c1-9(2)8-15-5-6-16-12-4-3-10(13)7-11(12)14/h3-4,7,9H,5-6,8,14H2,1-2H3. The number of nitrogen functional groups attached to an aromatic ring is 1. The lowest BCUT2D eigenvalue weighted by Gasteiger charge is -2.08. The van der Waals surface area contributed by atoms with Crippen LogP contribution in [-0.2, 0) is 4.74 Å². The number of hydrogen-bond donors (Lipinski definition) is 1. The number of ether oxygens (including phenoxy) is 1. The van der Waals surface area contributed by atoms with E-state index in [1.807, 2.05) is 18.2 Å². The molecule has 0 aliphatic carbocycles. The summed E-state index contributed by atoms with van der Waals surface area (Å²) in [6.07, 6.45) is 0. The van der Waals surface area contributed by atoms with Crippen molar-refractivity contribution in [3.05, 3.63) is 22.7 Å². The molecule has 0 unspecified atom stereocenters. The van der Waals surface area contributed by atoms with Gasteiger partial charge in [0.05, 0.1) is 6.61 Å². The molecule has 0 radical (unpaired) electrons. The van der Waals surface area contributed by atoms with Crippen LogP contribution in [0.3, 0.4) is 0 Å². The molecule has 0 spiro atoms. The molecule has 1 aromatic carbocycles. The minimum Gasteiger partial charge on any atom is -0.398 e. The van der Waals surface area contributed by atoms with Gasteiger partial charge in [0.1, 0.15) is 0 Å². The molecule has 16 heavy (non-hydrogen) atoms. The first-order valence-corrected chi connectivity index (χ1v) is 7.13. The molecule has 0 heterocycles. The highest BCUT2D eigenvalue weighted by Gasteiger charge is 2.01. The molecule has 0 saturated heterocycles. The largest absolute Gasteiger partial charge is 0.398 e. The Labute approximate surface area is 110 Å². The van der Waals surface area contributed by atoms with Gasteiger partial charge >= 0.3 is 0 Å². The summed E-state index contributed by atoms with van der Waals surface area (Å²) in [4.78, 5) is 1.12. The molecule has 1 rings (SSSR count). The average molecular weight is 304 g/mol. The quantitative estimate of drug-likeness (QED) is 0.493. The van der Waals surface area contributed by atoms with Gasteiger partial charge < -0.3 is 10.5 Å². The predicted molar refractivity (Wildman–Crippen MR) is 74.9 cm³/mol. The minimum absolute atomic E-state index is 0.600. The Morgan fingerprint density at radius 2 is 2.19 bits per heavy atom. The number of anilines is 1. The summed E-state index contributed by atoms with van der Waals surface area (Å²) in [5.74, 6) is 1.54. The van der Waals surface area contributed by atoms with Crippen molar-refractivity contribution in [1.29, 1.82) is 0 Å². The van der Waals surface area contributed by atoms with Gasteiger partial charge in [-0.3, -0.25) is 0 Å². The van der Waals surface area contributed by atoms with E-state index in [4.69, 9.17) is 10.5 Å². The highest BCUT2D eigenvalue weighted by Crippen LogP contribution is 2.27. The zero-order chi connectivity index (χ0) is 12.0. The lowest BCUT2D eigenvalue weighted by molar-refractivity contribution is 0.124. The van der Waals surface area contributed by atoms with Crippen LogP contribution in [0.5, 0.6) is 0 Å². The maximum atomic E-state index is 5.89. The first-order chi connectivity index (χ1) is 7.59. The van der Waals surface area contributed by atoms with E-state index < -0.39 is 0 Å². The molecular formula is C12H18BrNOS. The Kier molecular flexibility index (Phi) is 6.24. The van der Waals surface area contributed by atoms with Crippen LogP contribution in [0.4, 0.5) is 5.69 Å².